The maximum atomic E-state index is 13.2. The Labute approximate surface area is 118 Å². The van der Waals surface area contributed by atoms with E-state index in [-0.39, 0.29) is 10.8 Å². The second-order valence-corrected chi connectivity index (χ2v) is 5.44. The lowest BCUT2D eigenvalue weighted by Crippen LogP contribution is -2.52. The molecule has 0 spiro atoms. The predicted octanol–water partition coefficient (Wildman–Crippen LogP) is 2.28. The number of benzene rings is 1. The summed E-state index contributed by atoms with van der Waals surface area (Å²) >= 11 is 4.02. The first kappa shape index (κ1) is 14.3. The monoisotopic (exact) mass is 282 g/mol. The van der Waals surface area contributed by atoms with E-state index in [1.54, 1.807) is 0 Å². The summed E-state index contributed by atoms with van der Waals surface area (Å²) in [6, 6.07) is 4.72. The quantitative estimate of drug-likeness (QED) is 0.841. The SMILES string of the molecule is CCC1CN(C(=O)c2ccc(F)c(S)c2)CCN1C. The lowest BCUT2D eigenvalue weighted by molar-refractivity contribution is 0.0541. The van der Waals surface area contributed by atoms with E-state index >= 15 is 0 Å². The van der Waals surface area contributed by atoms with Gasteiger partial charge >= 0.3 is 0 Å². The highest BCUT2D eigenvalue weighted by Gasteiger charge is 2.26. The van der Waals surface area contributed by atoms with Gasteiger partial charge in [-0.15, -0.1) is 12.6 Å². The molecule has 1 aliphatic heterocycles. The van der Waals surface area contributed by atoms with E-state index in [1.807, 2.05) is 4.90 Å². The topological polar surface area (TPSA) is 23.6 Å². The zero-order chi connectivity index (χ0) is 14.0. The van der Waals surface area contributed by atoms with Gasteiger partial charge in [0.25, 0.3) is 5.91 Å². The van der Waals surface area contributed by atoms with Crippen molar-refractivity contribution in [1.82, 2.24) is 9.80 Å². The summed E-state index contributed by atoms with van der Waals surface area (Å²) in [5.41, 5.74) is 0.505. The third kappa shape index (κ3) is 3.09. The van der Waals surface area contributed by atoms with Gasteiger partial charge in [-0.3, -0.25) is 9.69 Å². The predicted molar refractivity (Wildman–Crippen MR) is 76.3 cm³/mol. The van der Waals surface area contributed by atoms with E-state index in [0.717, 1.165) is 19.5 Å². The van der Waals surface area contributed by atoms with Gasteiger partial charge in [0.1, 0.15) is 5.82 Å². The second-order valence-electron chi connectivity index (χ2n) is 4.96. The molecular weight excluding hydrogens is 263 g/mol. The molecule has 0 N–H and O–H groups in total. The maximum absolute atomic E-state index is 13.2. The Morgan fingerprint density at radius 1 is 1.47 bits per heavy atom. The van der Waals surface area contributed by atoms with Crippen LogP contribution in [0.15, 0.2) is 23.1 Å². The fraction of sp³-hybridized carbons (Fsp3) is 0.500. The number of carbonyl (C=O) groups is 1. The van der Waals surface area contributed by atoms with Crippen LogP contribution in [0.25, 0.3) is 0 Å². The van der Waals surface area contributed by atoms with Crippen LogP contribution in [0.2, 0.25) is 0 Å². The van der Waals surface area contributed by atoms with Gasteiger partial charge < -0.3 is 4.90 Å². The number of piperazine rings is 1. The molecule has 0 radical (unpaired) electrons. The molecule has 0 aromatic heterocycles. The lowest BCUT2D eigenvalue weighted by atomic mass is 10.1. The second kappa shape index (κ2) is 5.92. The van der Waals surface area contributed by atoms with Crippen molar-refractivity contribution in [3.8, 4) is 0 Å². The fourth-order valence-corrected chi connectivity index (χ4v) is 2.61. The van der Waals surface area contributed by atoms with Crippen molar-refractivity contribution in [2.45, 2.75) is 24.3 Å². The van der Waals surface area contributed by atoms with Gasteiger partial charge in [-0.25, -0.2) is 4.39 Å². The van der Waals surface area contributed by atoms with Crippen molar-refractivity contribution < 1.29 is 9.18 Å². The first-order valence-electron chi connectivity index (χ1n) is 6.51. The first-order chi connectivity index (χ1) is 9.02. The average molecular weight is 282 g/mol. The summed E-state index contributed by atoms with van der Waals surface area (Å²) in [6.45, 7) is 4.44. The summed E-state index contributed by atoms with van der Waals surface area (Å²) in [5, 5.41) is 0. The summed E-state index contributed by atoms with van der Waals surface area (Å²) < 4.78 is 13.2. The van der Waals surface area contributed by atoms with E-state index in [4.69, 9.17) is 0 Å². The number of halogens is 1. The van der Waals surface area contributed by atoms with Crippen LogP contribution in [0.3, 0.4) is 0 Å². The molecule has 19 heavy (non-hydrogen) atoms. The van der Waals surface area contributed by atoms with E-state index in [9.17, 15) is 9.18 Å². The van der Waals surface area contributed by atoms with Crippen molar-refractivity contribution >= 4 is 18.5 Å². The minimum atomic E-state index is -0.398. The summed E-state index contributed by atoms with van der Waals surface area (Å²) in [4.78, 5) is 16.7. The van der Waals surface area contributed by atoms with Crippen LogP contribution in [0, 0.1) is 5.82 Å². The number of amides is 1. The van der Waals surface area contributed by atoms with Crippen LogP contribution in [-0.2, 0) is 0 Å². The minimum Gasteiger partial charge on any atom is -0.336 e. The number of hydrogen-bond donors (Lipinski definition) is 1. The highest BCUT2D eigenvalue weighted by molar-refractivity contribution is 7.80. The smallest absolute Gasteiger partial charge is 0.253 e. The Bertz CT molecular complexity index is 481. The summed E-state index contributed by atoms with van der Waals surface area (Å²) in [7, 11) is 2.08. The number of hydrogen-bond acceptors (Lipinski definition) is 3. The molecule has 1 fully saturated rings. The van der Waals surface area contributed by atoms with Gasteiger partial charge in [-0.1, -0.05) is 6.92 Å². The molecule has 3 nitrogen and oxygen atoms in total. The highest BCUT2D eigenvalue weighted by Crippen LogP contribution is 2.18. The Morgan fingerprint density at radius 2 is 2.21 bits per heavy atom. The van der Waals surface area contributed by atoms with Crippen LogP contribution in [0.4, 0.5) is 4.39 Å². The van der Waals surface area contributed by atoms with E-state index < -0.39 is 5.82 Å². The third-order valence-electron chi connectivity index (χ3n) is 3.73. The van der Waals surface area contributed by atoms with E-state index in [1.165, 1.54) is 18.2 Å². The molecule has 1 unspecified atom stereocenters. The number of nitrogens with zero attached hydrogens (tertiary/aromatic N) is 2. The Balaban J connectivity index is 2.13. The van der Waals surface area contributed by atoms with Crippen molar-refractivity contribution in [3.63, 3.8) is 0 Å². The number of rotatable bonds is 2. The van der Waals surface area contributed by atoms with Gasteiger partial charge in [0.05, 0.1) is 0 Å². The molecule has 1 saturated heterocycles. The van der Waals surface area contributed by atoms with Crippen LogP contribution >= 0.6 is 12.6 Å². The number of likely N-dealkylation sites (N-methyl/N-ethyl adjacent to an activating group) is 1. The van der Waals surface area contributed by atoms with Crippen LogP contribution in [-0.4, -0.2) is 48.4 Å². The number of carbonyl (C=O) groups excluding carboxylic acids is 1. The minimum absolute atomic E-state index is 0.0400. The highest BCUT2D eigenvalue weighted by atomic mass is 32.1. The van der Waals surface area contributed by atoms with Gasteiger partial charge in [0.2, 0.25) is 0 Å². The van der Waals surface area contributed by atoms with Crippen LogP contribution in [0.5, 0.6) is 0 Å². The molecule has 1 amide bonds. The Kier molecular flexibility index (Phi) is 4.47. The largest absolute Gasteiger partial charge is 0.336 e. The van der Waals surface area contributed by atoms with Crippen LogP contribution in [0.1, 0.15) is 23.7 Å². The third-order valence-corrected chi connectivity index (χ3v) is 4.07. The van der Waals surface area contributed by atoms with Gasteiger partial charge in [-0.05, 0) is 31.7 Å². The van der Waals surface area contributed by atoms with Crippen molar-refractivity contribution in [2.75, 3.05) is 26.7 Å². The maximum Gasteiger partial charge on any atom is 0.253 e. The first-order valence-corrected chi connectivity index (χ1v) is 6.95. The lowest BCUT2D eigenvalue weighted by Gasteiger charge is -2.39. The van der Waals surface area contributed by atoms with Gasteiger partial charge in [0.15, 0.2) is 0 Å². The molecule has 0 saturated carbocycles. The summed E-state index contributed by atoms with van der Waals surface area (Å²) in [6.07, 6.45) is 1.02. The molecule has 0 aliphatic carbocycles. The molecule has 1 atom stereocenters. The average Bonchev–Trinajstić information content (AvgIpc) is 2.41. The molecular formula is C14H19FN2OS. The molecule has 0 bridgehead atoms. The fourth-order valence-electron chi connectivity index (χ4n) is 2.40. The van der Waals surface area contributed by atoms with E-state index in [2.05, 4.69) is 31.5 Å². The molecule has 1 aromatic rings. The van der Waals surface area contributed by atoms with E-state index in [0.29, 0.717) is 18.2 Å². The number of thiol groups is 1. The van der Waals surface area contributed by atoms with Crippen molar-refractivity contribution in [2.24, 2.45) is 0 Å². The molecule has 2 rings (SSSR count). The Morgan fingerprint density at radius 3 is 2.84 bits per heavy atom. The van der Waals surface area contributed by atoms with Gasteiger partial charge in [0, 0.05) is 36.1 Å². The zero-order valence-electron chi connectivity index (χ0n) is 11.3. The zero-order valence-corrected chi connectivity index (χ0v) is 12.2. The van der Waals surface area contributed by atoms with Crippen LogP contribution < -0.4 is 0 Å². The standard InChI is InChI=1S/C14H19FN2OS/c1-3-11-9-17(7-6-16(11)2)14(18)10-4-5-12(15)13(19)8-10/h4-5,8,11,19H,3,6-7,9H2,1-2H3. The van der Waals surface area contributed by atoms with Crippen molar-refractivity contribution in [3.05, 3.63) is 29.6 Å². The molecule has 1 heterocycles. The van der Waals surface area contributed by atoms with Crippen molar-refractivity contribution in [1.29, 1.82) is 0 Å². The van der Waals surface area contributed by atoms with Gasteiger partial charge in [-0.2, -0.15) is 0 Å². The summed E-state index contributed by atoms with van der Waals surface area (Å²) in [5.74, 6) is -0.438. The molecule has 1 aliphatic rings. The Hall–Kier alpha value is -1.07. The normalized spacial score (nSPS) is 20.6. The molecule has 104 valence electrons. The molecule has 1 aromatic carbocycles. The molecule has 5 heteroatoms.